The van der Waals surface area contributed by atoms with Gasteiger partial charge in [0.15, 0.2) is 0 Å². The standard InChI is InChI=1S/C10H11N3O/c11-10(14)9-5-4-7-12-6-2-1-3-8-13(9)12/h1-7H,8H2,(H2,11,14). The Hall–Kier alpha value is -1.97. The van der Waals surface area contributed by atoms with Crippen LogP contribution in [0.1, 0.15) is 0 Å². The molecule has 72 valence electrons. The molecule has 0 spiro atoms. The lowest BCUT2D eigenvalue weighted by molar-refractivity contribution is -0.117. The topological polar surface area (TPSA) is 49.6 Å². The van der Waals surface area contributed by atoms with Crippen LogP contribution in [0, 0.1) is 0 Å². The van der Waals surface area contributed by atoms with E-state index >= 15 is 0 Å². The van der Waals surface area contributed by atoms with Crippen molar-refractivity contribution >= 4 is 5.91 Å². The minimum absolute atomic E-state index is 0.414. The number of rotatable bonds is 1. The Morgan fingerprint density at radius 1 is 1.29 bits per heavy atom. The molecule has 2 aliphatic heterocycles. The molecule has 0 bridgehead atoms. The van der Waals surface area contributed by atoms with Crippen LogP contribution < -0.4 is 5.73 Å². The summed E-state index contributed by atoms with van der Waals surface area (Å²) in [5.41, 5.74) is 5.77. The van der Waals surface area contributed by atoms with Gasteiger partial charge in [-0.05, 0) is 18.2 Å². The van der Waals surface area contributed by atoms with Gasteiger partial charge in [-0.3, -0.25) is 14.8 Å². The summed E-state index contributed by atoms with van der Waals surface area (Å²) < 4.78 is 0. The molecule has 4 heteroatoms. The van der Waals surface area contributed by atoms with Crippen molar-refractivity contribution in [1.29, 1.82) is 0 Å². The van der Waals surface area contributed by atoms with E-state index in [0.717, 1.165) is 0 Å². The molecule has 2 N–H and O–H groups in total. The van der Waals surface area contributed by atoms with E-state index in [0.29, 0.717) is 12.2 Å². The molecular weight excluding hydrogens is 178 g/mol. The first-order chi connectivity index (χ1) is 6.79. The number of nitrogens with two attached hydrogens (primary N) is 1. The van der Waals surface area contributed by atoms with Crippen LogP contribution in [0.25, 0.3) is 0 Å². The summed E-state index contributed by atoms with van der Waals surface area (Å²) in [6.07, 6.45) is 13.1. The highest BCUT2D eigenvalue weighted by atomic mass is 16.1. The van der Waals surface area contributed by atoms with Crippen LogP contribution in [0.15, 0.2) is 48.5 Å². The van der Waals surface area contributed by atoms with Gasteiger partial charge in [-0.25, -0.2) is 0 Å². The zero-order valence-corrected chi connectivity index (χ0v) is 7.63. The minimum Gasteiger partial charge on any atom is -0.364 e. The Bertz CT molecular complexity index is 366. The molecule has 0 aromatic carbocycles. The first-order valence-electron chi connectivity index (χ1n) is 4.36. The third-order valence-corrected chi connectivity index (χ3v) is 2.07. The fraction of sp³-hybridized carbons (Fsp3) is 0.100. The van der Waals surface area contributed by atoms with Gasteiger partial charge in [-0.15, -0.1) is 0 Å². The van der Waals surface area contributed by atoms with Crippen molar-refractivity contribution in [3.8, 4) is 0 Å². The van der Waals surface area contributed by atoms with Crippen molar-refractivity contribution in [2.24, 2.45) is 5.73 Å². The quantitative estimate of drug-likeness (QED) is 0.653. The first-order valence-corrected chi connectivity index (χ1v) is 4.36. The van der Waals surface area contributed by atoms with Crippen molar-refractivity contribution in [2.45, 2.75) is 0 Å². The molecule has 2 rings (SSSR count). The SMILES string of the molecule is NC(=O)C1=CC=CN2C=CC=CCN12. The Morgan fingerprint density at radius 3 is 2.86 bits per heavy atom. The van der Waals surface area contributed by atoms with Crippen LogP contribution >= 0.6 is 0 Å². The molecule has 2 heterocycles. The largest absolute Gasteiger partial charge is 0.364 e. The van der Waals surface area contributed by atoms with Crippen LogP contribution in [0.4, 0.5) is 0 Å². The molecule has 0 radical (unpaired) electrons. The molecule has 0 aromatic rings. The second kappa shape index (κ2) is 3.41. The van der Waals surface area contributed by atoms with E-state index in [2.05, 4.69) is 0 Å². The fourth-order valence-electron chi connectivity index (χ4n) is 1.42. The van der Waals surface area contributed by atoms with E-state index in [1.54, 1.807) is 12.2 Å². The number of carbonyl (C=O) groups excluding carboxylic acids is 1. The number of nitrogens with zero attached hydrogens (tertiary/aromatic N) is 2. The summed E-state index contributed by atoms with van der Waals surface area (Å²) in [7, 11) is 0. The summed E-state index contributed by atoms with van der Waals surface area (Å²) in [4.78, 5) is 11.1. The maximum Gasteiger partial charge on any atom is 0.266 e. The molecule has 0 aromatic heterocycles. The molecule has 0 saturated heterocycles. The van der Waals surface area contributed by atoms with Gasteiger partial charge in [-0.1, -0.05) is 12.2 Å². The molecule has 0 fully saturated rings. The second-order valence-electron chi connectivity index (χ2n) is 2.99. The maximum atomic E-state index is 11.1. The van der Waals surface area contributed by atoms with Gasteiger partial charge in [0.25, 0.3) is 5.91 Å². The third-order valence-electron chi connectivity index (χ3n) is 2.07. The van der Waals surface area contributed by atoms with Crippen molar-refractivity contribution in [3.63, 3.8) is 0 Å². The van der Waals surface area contributed by atoms with Crippen molar-refractivity contribution in [1.82, 2.24) is 10.0 Å². The highest BCUT2D eigenvalue weighted by molar-refractivity contribution is 5.91. The predicted octanol–water partition coefficient (Wildman–Crippen LogP) is 0.485. The number of primary amides is 1. The second-order valence-corrected chi connectivity index (χ2v) is 2.99. The zero-order valence-electron chi connectivity index (χ0n) is 7.63. The van der Waals surface area contributed by atoms with Crippen LogP contribution in [0.3, 0.4) is 0 Å². The third kappa shape index (κ3) is 1.42. The monoisotopic (exact) mass is 189 g/mol. The molecule has 0 aliphatic carbocycles. The predicted molar refractivity (Wildman–Crippen MR) is 53.2 cm³/mol. The maximum absolute atomic E-state index is 11.1. The Balaban J connectivity index is 2.32. The zero-order chi connectivity index (χ0) is 9.97. The Kier molecular flexibility index (Phi) is 2.10. The van der Waals surface area contributed by atoms with Gasteiger partial charge in [0.2, 0.25) is 0 Å². The molecule has 0 atom stereocenters. The normalized spacial score (nSPS) is 19.0. The summed E-state index contributed by atoms with van der Waals surface area (Å²) in [6.45, 7) is 0.645. The van der Waals surface area contributed by atoms with Crippen molar-refractivity contribution in [2.75, 3.05) is 6.54 Å². The average Bonchev–Trinajstić information content (AvgIpc) is 2.41. The van der Waals surface area contributed by atoms with Crippen LogP contribution in [-0.2, 0) is 4.79 Å². The molecular formula is C10H11N3O. The van der Waals surface area contributed by atoms with Crippen molar-refractivity contribution < 1.29 is 4.79 Å². The van der Waals surface area contributed by atoms with E-state index in [1.165, 1.54) is 0 Å². The number of hydrogen-bond donors (Lipinski definition) is 1. The van der Waals surface area contributed by atoms with E-state index < -0.39 is 5.91 Å². The van der Waals surface area contributed by atoms with E-state index in [-0.39, 0.29) is 0 Å². The number of allylic oxidation sites excluding steroid dienone is 4. The lowest BCUT2D eigenvalue weighted by atomic mass is 10.3. The van der Waals surface area contributed by atoms with E-state index in [9.17, 15) is 4.79 Å². The summed E-state index contributed by atoms with van der Waals surface area (Å²) in [5, 5.41) is 3.64. The van der Waals surface area contributed by atoms with E-state index in [4.69, 9.17) is 5.73 Å². The highest BCUT2D eigenvalue weighted by Gasteiger charge is 2.19. The molecule has 14 heavy (non-hydrogen) atoms. The molecule has 0 saturated carbocycles. The molecule has 4 nitrogen and oxygen atoms in total. The van der Waals surface area contributed by atoms with Gasteiger partial charge in [0.1, 0.15) is 5.70 Å². The van der Waals surface area contributed by atoms with E-state index in [1.807, 2.05) is 40.6 Å². The number of hydrogen-bond acceptors (Lipinski definition) is 3. The molecule has 0 unspecified atom stereocenters. The number of hydrazine groups is 1. The number of amides is 1. The number of carbonyl (C=O) groups is 1. The van der Waals surface area contributed by atoms with Gasteiger partial charge >= 0.3 is 0 Å². The minimum atomic E-state index is -0.414. The van der Waals surface area contributed by atoms with Gasteiger partial charge < -0.3 is 5.73 Å². The smallest absolute Gasteiger partial charge is 0.266 e. The van der Waals surface area contributed by atoms with Crippen molar-refractivity contribution in [3.05, 3.63) is 48.5 Å². The Morgan fingerprint density at radius 2 is 2.07 bits per heavy atom. The average molecular weight is 189 g/mol. The molecule has 2 aliphatic rings. The number of fused-ring (bicyclic) bond motifs is 1. The summed E-state index contributed by atoms with van der Waals surface area (Å²) in [6, 6.07) is 0. The summed E-state index contributed by atoms with van der Waals surface area (Å²) in [5.74, 6) is -0.414. The highest BCUT2D eigenvalue weighted by Crippen LogP contribution is 2.16. The fourth-order valence-corrected chi connectivity index (χ4v) is 1.42. The lowest BCUT2D eigenvalue weighted by Gasteiger charge is -2.34. The lowest BCUT2D eigenvalue weighted by Crippen LogP contribution is -2.40. The molecule has 1 amide bonds. The van der Waals surface area contributed by atoms with Crippen LogP contribution in [0.2, 0.25) is 0 Å². The van der Waals surface area contributed by atoms with Crippen LogP contribution in [0.5, 0.6) is 0 Å². The van der Waals surface area contributed by atoms with Crippen LogP contribution in [-0.4, -0.2) is 22.5 Å². The summed E-state index contributed by atoms with van der Waals surface area (Å²) >= 11 is 0. The van der Waals surface area contributed by atoms with Gasteiger partial charge in [-0.2, -0.15) is 0 Å². The first kappa shape index (κ1) is 8.62. The Labute approximate surface area is 82.2 Å². The van der Waals surface area contributed by atoms with Gasteiger partial charge in [0, 0.05) is 12.4 Å². The van der Waals surface area contributed by atoms with Gasteiger partial charge in [0.05, 0.1) is 6.54 Å².